The Bertz CT molecular complexity index is 377. The van der Waals surface area contributed by atoms with Crippen molar-refractivity contribution < 1.29 is 4.74 Å². The first-order valence-corrected chi connectivity index (χ1v) is 5.72. The molecule has 0 radical (unpaired) electrons. The van der Waals surface area contributed by atoms with E-state index < -0.39 is 0 Å². The van der Waals surface area contributed by atoms with Gasteiger partial charge in [-0.3, -0.25) is 0 Å². The first-order chi connectivity index (χ1) is 7.69. The van der Waals surface area contributed by atoms with E-state index in [4.69, 9.17) is 10.00 Å². The number of nitrogens with zero attached hydrogens (tertiary/aromatic N) is 1. The molecule has 0 saturated carbocycles. The SMILES string of the molecule is COc1cc(C(C)C)ccc1CCCC#N. The van der Waals surface area contributed by atoms with E-state index in [-0.39, 0.29) is 0 Å². The van der Waals surface area contributed by atoms with Gasteiger partial charge in [-0.05, 0) is 36.0 Å². The topological polar surface area (TPSA) is 33.0 Å². The minimum absolute atomic E-state index is 0.516. The number of hydrogen-bond acceptors (Lipinski definition) is 2. The molecule has 0 spiro atoms. The molecule has 2 nitrogen and oxygen atoms in total. The van der Waals surface area contributed by atoms with Crippen molar-refractivity contribution in [3.8, 4) is 11.8 Å². The van der Waals surface area contributed by atoms with Crippen LogP contribution in [-0.4, -0.2) is 7.11 Å². The van der Waals surface area contributed by atoms with E-state index in [1.54, 1.807) is 7.11 Å². The summed E-state index contributed by atoms with van der Waals surface area (Å²) in [6, 6.07) is 8.53. The third-order valence-electron chi connectivity index (χ3n) is 2.71. The van der Waals surface area contributed by atoms with Crippen LogP contribution in [0, 0.1) is 11.3 Å². The molecule has 1 rings (SSSR count). The maximum atomic E-state index is 8.51. The molecule has 0 heterocycles. The lowest BCUT2D eigenvalue weighted by molar-refractivity contribution is 0.408. The largest absolute Gasteiger partial charge is 0.496 e. The fraction of sp³-hybridized carbons (Fsp3) is 0.500. The monoisotopic (exact) mass is 217 g/mol. The average Bonchev–Trinajstić information content (AvgIpc) is 2.29. The Morgan fingerprint density at radius 1 is 1.38 bits per heavy atom. The Balaban J connectivity index is 2.81. The number of aryl methyl sites for hydroxylation is 1. The van der Waals surface area contributed by atoms with E-state index in [1.807, 2.05) is 0 Å². The maximum Gasteiger partial charge on any atom is 0.122 e. The summed E-state index contributed by atoms with van der Waals surface area (Å²) in [6.45, 7) is 4.34. The minimum atomic E-state index is 0.516. The van der Waals surface area contributed by atoms with Crippen molar-refractivity contribution in [3.63, 3.8) is 0 Å². The molecule has 0 atom stereocenters. The Hall–Kier alpha value is -1.49. The van der Waals surface area contributed by atoms with Crippen molar-refractivity contribution in [2.24, 2.45) is 0 Å². The lowest BCUT2D eigenvalue weighted by Gasteiger charge is -2.12. The summed E-state index contributed by atoms with van der Waals surface area (Å²) in [6.07, 6.45) is 2.41. The predicted octanol–water partition coefficient (Wildman–Crippen LogP) is 3.66. The third kappa shape index (κ3) is 3.27. The van der Waals surface area contributed by atoms with Crippen LogP contribution < -0.4 is 4.74 Å². The zero-order valence-electron chi connectivity index (χ0n) is 10.3. The Kier molecular flexibility index (Phi) is 4.85. The zero-order valence-corrected chi connectivity index (χ0v) is 10.3. The lowest BCUT2D eigenvalue weighted by Crippen LogP contribution is -1.95. The van der Waals surface area contributed by atoms with Gasteiger partial charge in [-0.2, -0.15) is 5.26 Å². The molecule has 0 aliphatic carbocycles. The van der Waals surface area contributed by atoms with E-state index in [0.29, 0.717) is 12.3 Å². The summed E-state index contributed by atoms with van der Waals surface area (Å²) in [4.78, 5) is 0. The Morgan fingerprint density at radius 2 is 2.12 bits per heavy atom. The average molecular weight is 217 g/mol. The molecule has 2 heteroatoms. The molecule has 0 N–H and O–H groups in total. The number of benzene rings is 1. The normalized spacial score (nSPS) is 10.2. The number of unbranched alkanes of at least 4 members (excludes halogenated alkanes) is 1. The highest BCUT2D eigenvalue weighted by Gasteiger charge is 2.06. The number of hydrogen-bond donors (Lipinski definition) is 0. The summed E-state index contributed by atoms with van der Waals surface area (Å²) < 4.78 is 5.38. The molecule has 0 aliphatic rings. The number of rotatable bonds is 5. The number of ether oxygens (including phenoxy) is 1. The van der Waals surface area contributed by atoms with Crippen molar-refractivity contribution in [1.29, 1.82) is 5.26 Å². The standard InChI is InChI=1S/C14H19NO/c1-11(2)13-8-7-12(6-4-5-9-15)14(10-13)16-3/h7-8,10-11H,4-6H2,1-3H3. The summed E-state index contributed by atoms with van der Waals surface area (Å²) in [5.74, 6) is 1.46. The van der Waals surface area contributed by atoms with Crippen LogP contribution >= 0.6 is 0 Å². The third-order valence-corrected chi connectivity index (χ3v) is 2.71. The van der Waals surface area contributed by atoms with Crippen molar-refractivity contribution in [2.75, 3.05) is 7.11 Å². The number of methoxy groups -OCH3 is 1. The lowest BCUT2D eigenvalue weighted by atomic mass is 9.99. The van der Waals surface area contributed by atoms with Gasteiger partial charge in [-0.1, -0.05) is 26.0 Å². The van der Waals surface area contributed by atoms with Gasteiger partial charge < -0.3 is 4.74 Å². The smallest absolute Gasteiger partial charge is 0.122 e. The summed E-state index contributed by atoms with van der Waals surface area (Å²) in [5, 5.41) is 8.51. The fourth-order valence-corrected chi connectivity index (χ4v) is 1.68. The van der Waals surface area contributed by atoms with Gasteiger partial charge >= 0.3 is 0 Å². The first kappa shape index (κ1) is 12.6. The van der Waals surface area contributed by atoms with Crippen LogP contribution in [0.2, 0.25) is 0 Å². The van der Waals surface area contributed by atoms with Crippen molar-refractivity contribution in [2.45, 2.75) is 39.0 Å². The van der Waals surface area contributed by atoms with Crippen molar-refractivity contribution in [1.82, 2.24) is 0 Å². The molecule has 1 aromatic carbocycles. The molecule has 0 unspecified atom stereocenters. The van der Waals surface area contributed by atoms with Crippen LogP contribution in [0.5, 0.6) is 5.75 Å². The van der Waals surface area contributed by atoms with E-state index >= 15 is 0 Å². The maximum absolute atomic E-state index is 8.51. The number of nitriles is 1. The predicted molar refractivity (Wildman–Crippen MR) is 65.6 cm³/mol. The van der Waals surface area contributed by atoms with Crippen LogP contribution in [0.25, 0.3) is 0 Å². The minimum Gasteiger partial charge on any atom is -0.496 e. The molecule has 86 valence electrons. The van der Waals surface area contributed by atoms with Gasteiger partial charge in [0.25, 0.3) is 0 Å². The van der Waals surface area contributed by atoms with Crippen LogP contribution in [0.3, 0.4) is 0 Å². The highest BCUT2D eigenvalue weighted by Crippen LogP contribution is 2.25. The van der Waals surface area contributed by atoms with Crippen molar-refractivity contribution in [3.05, 3.63) is 29.3 Å². The second-order valence-corrected chi connectivity index (χ2v) is 4.24. The van der Waals surface area contributed by atoms with Crippen molar-refractivity contribution >= 4 is 0 Å². The Morgan fingerprint density at radius 3 is 2.69 bits per heavy atom. The molecule has 0 amide bonds. The van der Waals surface area contributed by atoms with Crippen LogP contribution in [-0.2, 0) is 6.42 Å². The van der Waals surface area contributed by atoms with E-state index in [0.717, 1.165) is 18.6 Å². The first-order valence-electron chi connectivity index (χ1n) is 5.72. The van der Waals surface area contributed by atoms with Gasteiger partial charge in [0.05, 0.1) is 13.2 Å². The highest BCUT2D eigenvalue weighted by atomic mass is 16.5. The molecule has 0 bridgehead atoms. The summed E-state index contributed by atoms with van der Waals surface area (Å²) >= 11 is 0. The molecule has 0 fully saturated rings. The molecular formula is C14H19NO. The van der Waals surface area contributed by atoms with Gasteiger partial charge in [-0.15, -0.1) is 0 Å². The van der Waals surface area contributed by atoms with Gasteiger partial charge in [0.2, 0.25) is 0 Å². The van der Waals surface area contributed by atoms with Gasteiger partial charge in [-0.25, -0.2) is 0 Å². The van der Waals surface area contributed by atoms with Crippen LogP contribution in [0.1, 0.15) is 43.7 Å². The summed E-state index contributed by atoms with van der Waals surface area (Å²) in [7, 11) is 1.70. The molecule has 0 aromatic heterocycles. The van der Waals surface area contributed by atoms with E-state index in [1.165, 1.54) is 11.1 Å². The van der Waals surface area contributed by atoms with Gasteiger partial charge in [0.15, 0.2) is 0 Å². The zero-order chi connectivity index (χ0) is 12.0. The summed E-state index contributed by atoms with van der Waals surface area (Å²) in [5.41, 5.74) is 2.49. The van der Waals surface area contributed by atoms with Crippen LogP contribution in [0.15, 0.2) is 18.2 Å². The molecule has 0 saturated heterocycles. The molecular weight excluding hydrogens is 198 g/mol. The van der Waals surface area contributed by atoms with E-state index in [9.17, 15) is 0 Å². The quantitative estimate of drug-likeness (QED) is 0.705. The highest BCUT2D eigenvalue weighted by molar-refractivity contribution is 5.38. The molecule has 1 aromatic rings. The van der Waals surface area contributed by atoms with Gasteiger partial charge in [0.1, 0.15) is 5.75 Å². The molecule has 0 aliphatic heterocycles. The molecule has 16 heavy (non-hydrogen) atoms. The van der Waals surface area contributed by atoms with Gasteiger partial charge in [0, 0.05) is 6.42 Å². The Labute approximate surface area is 97.9 Å². The second kappa shape index (κ2) is 6.17. The van der Waals surface area contributed by atoms with E-state index in [2.05, 4.69) is 38.1 Å². The second-order valence-electron chi connectivity index (χ2n) is 4.24. The van der Waals surface area contributed by atoms with Crippen LogP contribution in [0.4, 0.5) is 0 Å². The fourth-order valence-electron chi connectivity index (χ4n) is 1.68.